The first-order chi connectivity index (χ1) is 5.86. The Hall–Kier alpha value is -0.570. The Balaban J connectivity index is 1.81. The maximum absolute atomic E-state index is 11.3. The highest BCUT2D eigenvalue weighted by Gasteiger charge is 2.24. The van der Waals surface area contributed by atoms with Crippen LogP contribution in [0.3, 0.4) is 0 Å². The van der Waals surface area contributed by atoms with Gasteiger partial charge in [0.15, 0.2) is 0 Å². The van der Waals surface area contributed by atoms with Crippen LogP contribution in [0.25, 0.3) is 0 Å². The molecule has 2 rings (SSSR count). The van der Waals surface area contributed by atoms with Gasteiger partial charge in [-0.1, -0.05) is 0 Å². The standard InChI is InChI=1S/C9H16N2O/c12-9-2-1-5-11(9)7-8-3-4-10-6-8/h8,10H,1-7H2/t8-/m1/s1. The Kier molecular flexibility index (Phi) is 2.30. The Morgan fingerprint density at radius 1 is 1.58 bits per heavy atom. The molecule has 1 amide bonds. The molecule has 0 saturated carbocycles. The molecule has 1 N–H and O–H groups in total. The molecular weight excluding hydrogens is 152 g/mol. The molecule has 2 aliphatic heterocycles. The summed E-state index contributed by atoms with van der Waals surface area (Å²) in [6, 6.07) is 0. The Bertz CT molecular complexity index is 175. The largest absolute Gasteiger partial charge is 0.342 e. The second-order valence-electron chi connectivity index (χ2n) is 3.80. The Labute approximate surface area is 73.1 Å². The Morgan fingerprint density at radius 3 is 3.08 bits per heavy atom. The minimum Gasteiger partial charge on any atom is -0.342 e. The van der Waals surface area contributed by atoms with Crippen LogP contribution in [0.2, 0.25) is 0 Å². The lowest BCUT2D eigenvalue weighted by Crippen LogP contribution is -2.31. The molecule has 3 nitrogen and oxygen atoms in total. The lowest BCUT2D eigenvalue weighted by Gasteiger charge is -2.19. The van der Waals surface area contributed by atoms with Crippen LogP contribution < -0.4 is 5.32 Å². The van der Waals surface area contributed by atoms with E-state index in [1.165, 1.54) is 6.42 Å². The van der Waals surface area contributed by atoms with Gasteiger partial charge in [-0.2, -0.15) is 0 Å². The van der Waals surface area contributed by atoms with Gasteiger partial charge in [0.05, 0.1) is 0 Å². The smallest absolute Gasteiger partial charge is 0.222 e. The summed E-state index contributed by atoms with van der Waals surface area (Å²) in [5, 5.41) is 3.32. The highest BCUT2D eigenvalue weighted by Crippen LogP contribution is 2.15. The van der Waals surface area contributed by atoms with E-state index < -0.39 is 0 Å². The molecule has 2 fully saturated rings. The van der Waals surface area contributed by atoms with Crippen LogP contribution in [0, 0.1) is 5.92 Å². The number of carbonyl (C=O) groups excluding carboxylic acids is 1. The van der Waals surface area contributed by atoms with Gasteiger partial charge in [0.25, 0.3) is 0 Å². The van der Waals surface area contributed by atoms with Crippen molar-refractivity contribution in [1.29, 1.82) is 0 Å². The summed E-state index contributed by atoms with van der Waals surface area (Å²) < 4.78 is 0. The number of hydrogen-bond donors (Lipinski definition) is 1. The van der Waals surface area contributed by atoms with E-state index >= 15 is 0 Å². The highest BCUT2D eigenvalue weighted by atomic mass is 16.2. The normalized spacial score (nSPS) is 30.2. The summed E-state index contributed by atoms with van der Waals surface area (Å²) >= 11 is 0. The molecule has 0 spiro atoms. The van der Waals surface area contributed by atoms with E-state index in [1.54, 1.807) is 0 Å². The number of rotatable bonds is 2. The van der Waals surface area contributed by atoms with Crippen molar-refractivity contribution in [2.75, 3.05) is 26.2 Å². The SMILES string of the molecule is O=C1CCCN1C[C@@H]1CCNC1. The summed E-state index contributed by atoms with van der Waals surface area (Å²) in [5.74, 6) is 1.08. The molecule has 0 aliphatic carbocycles. The second-order valence-corrected chi connectivity index (χ2v) is 3.80. The van der Waals surface area contributed by atoms with E-state index in [-0.39, 0.29) is 0 Å². The number of carbonyl (C=O) groups is 1. The Morgan fingerprint density at radius 2 is 2.50 bits per heavy atom. The van der Waals surface area contributed by atoms with Gasteiger partial charge in [0.2, 0.25) is 5.91 Å². The zero-order valence-electron chi connectivity index (χ0n) is 7.38. The third-order valence-corrected chi connectivity index (χ3v) is 2.81. The number of likely N-dealkylation sites (tertiary alicyclic amines) is 1. The van der Waals surface area contributed by atoms with Crippen molar-refractivity contribution < 1.29 is 4.79 Å². The molecule has 0 aromatic heterocycles. The van der Waals surface area contributed by atoms with Gasteiger partial charge >= 0.3 is 0 Å². The van der Waals surface area contributed by atoms with E-state index in [9.17, 15) is 4.79 Å². The van der Waals surface area contributed by atoms with Crippen molar-refractivity contribution >= 4 is 5.91 Å². The van der Waals surface area contributed by atoms with E-state index in [2.05, 4.69) is 5.32 Å². The van der Waals surface area contributed by atoms with Gasteiger partial charge in [-0.05, 0) is 31.8 Å². The molecule has 0 radical (unpaired) electrons. The first kappa shape index (κ1) is 8.05. The van der Waals surface area contributed by atoms with Gasteiger partial charge in [0.1, 0.15) is 0 Å². The molecule has 2 heterocycles. The third-order valence-electron chi connectivity index (χ3n) is 2.81. The molecule has 3 heteroatoms. The minimum absolute atomic E-state index is 0.363. The lowest BCUT2D eigenvalue weighted by atomic mass is 10.1. The van der Waals surface area contributed by atoms with E-state index in [0.29, 0.717) is 11.8 Å². The lowest BCUT2D eigenvalue weighted by molar-refractivity contribution is -0.128. The molecule has 0 unspecified atom stereocenters. The molecule has 2 aliphatic rings. The molecule has 0 aromatic carbocycles. The summed E-state index contributed by atoms with van der Waals surface area (Å²) in [7, 11) is 0. The van der Waals surface area contributed by atoms with Crippen molar-refractivity contribution in [2.24, 2.45) is 5.92 Å². The van der Waals surface area contributed by atoms with Crippen LogP contribution in [0.4, 0.5) is 0 Å². The van der Waals surface area contributed by atoms with Crippen molar-refractivity contribution in [2.45, 2.75) is 19.3 Å². The average Bonchev–Trinajstić information content (AvgIpc) is 2.65. The van der Waals surface area contributed by atoms with Crippen molar-refractivity contribution in [3.63, 3.8) is 0 Å². The molecule has 12 heavy (non-hydrogen) atoms. The topological polar surface area (TPSA) is 32.3 Å². The molecule has 1 atom stereocenters. The minimum atomic E-state index is 0.363. The first-order valence-corrected chi connectivity index (χ1v) is 4.85. The molecule has 2 saturated heterocycles. The summed E-state index contributed by atoms with van der Waals surface area (Å²) in [6.07, 6.45) is 3.09. The number of nitrogens with one attached hydrogen (secondary N) is 1. The summed E-state index contributed by atoms with van der Waals surface area (Å²) in [6.45, 7) is 4.22. The number of amides is 1. The zero-order valence-corrected chi connectivity index (χ0v) is 7.38. The monoisotopic (exact) mass is 168 g/mol. The molecule has 68 valence electrons. The molecular formula is C9H16N2O. The van der Waals surface area contributed by atoms with Crippen molar-refractivity contribution in [3.05, 3.63) is 0 Å². The van der Waals surface area contributed by atoms with E-state index in [0.717, 1.165) is 39.0 Å². The quantitative estimate of drug-likeness (QED) is 0.639. The second kappa shape index (κ2) is 3.44. The van der Waals surface area contributed by atoms with Gasteiger partial charge < -0.3 is 10.2 Å². The van der Waals surface area contributed by atoms with Gasteiger partial charge in [-0.25, -0.2) is 0 Å². The van der Waals surface area contributed by atoms with Gasteiger partial charge in [0, 0.05) is 19.5 Å². The van der Waals surface area contributed by atoms with Crippen LogP contribution in [-0.2, 0) is 4.79 Å². The van der Waals surface area contributed by atoms with Crippen LogP contribution in [0.5, 0.6) is 0 Å². The maximum Gasteiger partial charge on any atom is 0.222 e. The predicted octanol–water partition coefficient (Wildman–Crippen LogP) is 0.218. The number of nitrogens with zero attached hydrogens (tertiary/aromatic N) is 1. The van der Waals surface area contributed by atoms with Crippen LogP contribution in [0.1, 0.15) is 19.3 Å². The summed E-state index contributed by atoms with van der Waals surface area (Å²) in [5.41, 5.74) is 0. The highest BCUT2D eigenvalue weighted by molar-refractivity contribution is 5.78. The zero-order chi connectivity index (χ0) is 8.39. The fourth-order valence-electron chi connectivity index (χ4n) is 2.08. The van der Waals surface area contributed by atoms with Crippen LogP contribution >= 0.6 is 0 Å². The maximum atomic E-state index is 11.3. The van der Waals surface area contributed by atoms with E-state index in [4.69, 9.17) is 0 Å². The van der Waals surface area contributed by atoms with Crippen LogP contribution in [-0.4, -0.2) is 37.0 Å². The third kappa shape index (κ3) is 1.61. The fourth-order valence-corrected chi connectivity index (χ4v) is 2.08. The van der Waals surface area contributed by atoms with Crippen molar-refractivity contribution in [1.82, 2.24) is 10.2 Å². The van der Waals surface area contributed by atoms with Crippen molar-refractivity contribution in [3.8, 4) is 0 Å². The molecule has 0 aromatic rings. The van der Waals surface area contributed by atoms with Gasteiger partial charge in [-0.3, -0.25) is 4.79 Å². The van der Waals surface area contributed by atoms with Gasteiger partial charge in [-0.15, -0.1) is 0 Å². The van der Waals surface area contributed by atoms with E-state index in [1.807, 2.05) is 4.90 Å². The average molecular weight is 168 g/mol. The first-order valence-electron chi connectivity index (χ1n) is 4.85. The summed E-state index contributed by atoms with van der Waals surface area (Å²) in [4.78, 5) is 13.3. The predicted molar refractivity (Wildman–Crippen MR) is 46.8 cm³/mol. The fraction of sp³-hybridized carbons (Fsp3) is 0.889. The molecule has 0 bridgehead atoms. The van der Waals surface area contributed by atoms with Crippen LogP contribution in [0.15, 0.2) is 0 Å². The number of hydrogen-bond acceptors (Lipinski definition) is 2.